The number of nitrogens with one attached hydrogen (secondary N) is 2. The molecule has 1 aliphatic rings. The van der Waals surface area contributed by atoms with Gasteiger partial charge in [0.15, 0.2) is 0 Å². The molecule has 3 aromatic carbocycles. The largest absolute Gasteiger partial charge is 0.493 e. The number of hydrogen-bond donors (Lipinski definition) is 2. The molecule has 1 saturated carbocycles. The van der Waals surface area contributed by atoms with Crippen LogP contribution in [0.2, 0.25) is 0 Å². The van der Waals surface area contributed by atoms with Gasteiger partial charge in [0.05, 0.1) is 13.7 Å². The Balaban J connectivity index is 1.49. The fourth-order valence-corrected chi connectivity index (χ4v) is 4.98. The number of anilines is 1. The van der Waals surface area contributed by atoms with E-state index in [4.69, 9.17) is 14.2 Å². The Morgan fingerprint density at radius 1 is 0.927 bits per heavy atom. The Labute approximate surface area is 241 Å². The summed E-state index contributed by atoms with van der Waals surface area (Å²) in [6.07, 6.45) is 5.21. The molecule has 1 aliphatic carbocycles. The van der Waals surface area contributed by atoms with Crippen molar-refractivity contribution in [3.05, 3.63) is 60.2 Å². The van der Waals surface area contributed by atoms with Crippen molar-refractivity contribution < 1.29 is 28.6 Å². The summed E-state index contributed by atoms with van der Waals surface area (Å²) in [6.45, 7) is 5.80. The van der Waals surface area contributed by atoms with Crippen LogP contribution in [0.25, 0.3) is 21.9 Å². The number of fused-ring (bicyclic) bond motifs is 1. The highest BCUT2D eigenvalue weighted by Gasteiger charge is 2.18. The van der Waals surface area contributed by atoms with E-state index in [-0.39, 0.29) is 18.4 Å². The van der Waals surface area contributed by atoms with Crippen molar-refractivity contribution in [3.8, 4) is 16.9 Å². The van der Waals surface area contributed by atoms with E-state index in [0.29, 0.717) is 31.1 Å². The summed E-state index contributed by atoms with van der Waals surface area (Å²) < 4.78 is 16.3. The number of amides is 2. The van der Waals surface area contributed by atoms with Gasteiger partial charge in [-0.15, -0.1) is 0 Å². The number of alkyl carbamates (subject to hydrolysis) is 1. The first kappa shape index (κ1) is 29.9. The molecule has 0 aromatic heterocycles. The molecule has 0 radical (unpaired) electrons. The molecular formula is C33H40N2O6. The first-order valence-electron chi connectivity index (χ1n) is 14.2. The summed E-state index contributed by atoms with van der Waals surface area (Å²) in [6, 6.07) is 18.0. The van der Waals surface area contributed by atoms with Crippen LogP contribution < -0.4 is 15.4 Å². The van der Waals surface area contributed by atoms with Crippen LogP contribution in [0.4, 0.5) is 10.5 Å². The fraction of sp³-hybridized carbons (Fsp3) is 0.424. The molecule has 8 nitrogen and oxygen atoms in total. The number of aryl methyl sites for hydroxylation is 1. The first-order valence-corrected chi connectivity index (χ1v) is 14.2. The van der Waals surface area contributed by atoms with Crippen molar-refractivity contribution in [1.82, 2.24) is 5.32 Å². The third-order valence-electron chi connectivity index (χ3n) is 7.07. The lowest BCUT2D eigenvalue weighted by molar-refractivity contribution is -0.140. The van der Waals surface area contributed by atoms with Gasteiger partial charge < -0.3 is 24.8 Å². The number of benzene rings is 3. The molecular weight excluding hydrogens is 520 g/mol. The molecule has 2 N–H and O–H groups in total. The minimum Gasteiger partial charge on any atom is -0.493 e. The fourth-order valence-electron chi connectivity index (χ4n) is 4.98. The van der Waals surface area contributed by atoms with Crippen molar-refractivity contribution >= 4 is 34.4 Å². The van der Waals surface area contributed by atoms with E-state index >= 15 is 0 Å². The van der Waals surface area contributed by atoms with Gasteiger partial charge in [-0.1, -0.05) is 37.1 Å². The van der Waals surface area contributed by atoms with Crippen LogP contribution in [-0.2, 0) is 25.5 Å². The van der Waals surface area contributed by atoms with E-state index in [2.05, 4.69) is 22.8 Å². The minimum absolute atomic E-state index is 0.193. The summed E-state index contributed by atoms with van der Waals surface area (Å²) in [5, 5.41) is 7.26. The van der Waals surface area contributed by atoms with E-state index in [9.17, 15) is 14.4 Å². The molecule has 0 atom stereocenters. The second-order valence-electron chi connectivity index (χ2n) is 11.5. The molecule has 0 unspecified atom stereocenters. The van der Waals surface area contributed by atoms with Crippen LogP contribution in [0.5, 0.6) is 5.75 Å². The van der Waals surface area contributed by atoms with Gasteiger partial charge in [-0.3, -0.25) is 9.59 Å². The van der Waals surface area contributed by atoms with E-state index in [1.807, 2.05) is 42.5 Å². The summed E-state index contributed by atoms with van der Waals surface area (Å²) in [5.41, 5.74) is 3.03. The van der Waals surface area contributed by atoms with Gasteiger partial charge in [0.25, 0.3) is 0 Å². The molecule has 0 saturated heterocycles. The number of carbonyl (C=O) groups excluding carboxylic acids is 3. The highest BCUT2D eigenvalue weighted by Crippen LogP contribution is 2.35. The lowest BCUT2D eigenvalue weighted by Gasteiger charge is -2.19. The van der Waals surface area contributed by atoms with Crippen molar-refractivity contribution in [2.45, 2.75) is 64.9 Å². The predicted octanol–water partition coefficient (Wildman–Crippen LogP) is 6.64. The Hall–Kier alpha value is -4.07. The predicted molar refractivity (Wildman–Crippen MR) is 160 cm³/mol. The molecule has 1 fully saturated rings. The Kier molecular flexibility index (Phi) is 9.86. The van der Waals surface area contributed by atoms with Crippen molar-refractivity contribution in [3.63, 3.8) is 0 Å². The number of ether oxygens (including phenoxy) is 3. The zero-order chi connectivity index (χ0) is 29.4. The van der Waals surface area contributed by atoms with Gasteiger partial charge in [0, 0.05) is 17.7 Å². The van der Waals surface area contributed by atoms with E-state index in [1.165, 1.54) is 32.8 Å². The van der Waals surface area contributed by atoms with Crippen molar-refractivity contribution in [2.24, 2.45) is 5.92 Å². The zero-order valence-electron chi connectivity index (χ0n) is 24.4. The second-order valence-corrected chi connectivity index (χ2v) is 11.5. The average Bonchev–Trinajstić information content (AvgIpc) is 3.46. The molecule has 4 rings (SSSR count). The molecule has 3 aromatic rings. The monoisotopic (exact) mass is 560 g/mol. The maximum absolute atomic E-state index is 12.4. The number of esters is 1. The summed E-state index contributed by atoms with van der Waals surface area (Å²) in [7, 11) is 1.40. The van der Waals surface area contributed by atoms with Crippen molar-refractivity contribution in [1.29, 1.82) is 0 Å². The lowest BCUT2D eigenvalue weighted by atomic mass is 9.97. The van der Waals surface area contributed by atoms with E-state index in [1.54, 1.807) is 20.8 Å². The third kappa shape index (κ3) is 8.96. The smallest absolute Gasteiger partial charge is 0.408 e. The molecule has 41 heavy (non-hydrogen) atoms. The van der Waals surface area contributed by atoms with E-state index in [0.717, 1.165) is 33.2 Å². The van der Waals surface area contributed by atoms with Crippen LogP contribution in [0.1, 0.15) is 58.4 Å². The maximum atomic E-state index is 12.4. The van der Waals surface area contributed by atoms with Gasteiger partial charge in [-0.05, 0) is 98.2 Å². The van der Waals surface area contributed by atoms with Crippen LogP contribution in [0.15, 0.2) is 54.6 Å². The molecule has 8 heteroatoms. The maximum Gasteiger partial charge on any atom is 0.408 e. The highest BCUT2D eigenvalue weighted by atomic mass is 16.6. The number of carbonyl (C=O) groups is 3. The van der Waals surface area contributed by atoms with Crippen LogP contribution >= 0.6 is 0 Å². The van der Waals surface area contributed by atoms with Crippen LogP contribution in [0.3, 0.4) is 0 Å². The zero-order valence-corrected chi connectivity index (χ0v) is 24.4. The van der Waals surface area contributed by atoms with Gasteiger partial charge in [-0.25, -0.2) is 4.79 Å². The van der Waals surface area contributed by atoms with E-state index < -0.39 is 11.7 Å². The molecule has 0 aliphatic heterocycles. The molecule has 0 heterocycles. The molecule has 0 spiro atoms. The molecule has 218 valence electrons. The average molecular weight is 561 g/mol. The standard InChI is InChI=1S/C33H40N2O6/c1-33(2,3)41-32(38)34-20-30(36)35-27-14-13-24-18-26(12-11-25(24)19-27)28-17-22(10-16-31(37)39-4)9-15-29(28)40-21-23-7-5-6-8-23/h9,11-15,17-19,23H,5-8,10,16,20-21H2,1-4H3,(H,34,38)(H,35,36). The van der Waals surface area contributed by atoms with Crippen LogP contribution in [-0.4, -0.2) is 43.8 Å². The number of rotatable bonds is 10. The lowest BCUT2D eigenvalue weighted by Crippen LogP contribution is -2.37. The topological polar surface area (TPSA) is 103 Å². The molecule has 2 amide bonds. The van der Waals surface area contributed by atoms with Gasteiger partial charge in [0.1, 0.15) is 17.9 Å². The summed E-state index contributed by atoms with van der Waals surface area (Å²) in [4.78, 5) is 35.9. The normalized spacial score (nSPS) is 13.6. The number of methoxy groups -OCH3 is 1. The Morgan fingerprint density at radius 3 is 2.39 bits per heavy atom. The molecule has 0 bridgehead atoms. The third-order valence-corrected chi connectivity index (χ3v) is 7.07. The summed E-state index contributed by atoms with van der Waals surface area (Å²) in [5.74, 6) is 0.841. The highest BCUT2D eigenvalue weighted by molar-refractivity contribution is 5.97. The summed E-state index contributed by atoms with van der Waals surface area (Å²) >= 11 is 0. The Morgan fingerprint density at radius 2 is 1.66 bits per heavy atom. The van der Waals surface area contributed by atoms with Gasteiger partial charge in [0.2, 0.25) is 5.91 Å². The Bertz CT molecular complexity index is 1390. The minimum atomic E-state index is -0.639. The number of hydrogen-bond acceptors (Lipinski definition) is 6. The van der Waals surface area contributed by atoms with Crippen LogP contribution in [0, 0.1) is 5.92 Å². The van der Waals surface area contributed by atoms with Crippen molar-refractivity contribution in [2.75, 3.05) is 25.6 Å². The SMILES string of the molecule is COC(=O)CCc1ccc(OCC2CCCC2)c(-c2ccc3cc(NC(=O)CNC(=O)OC(C)(C)C)ccc3c2)c1. The second kappa shape index (κ2) is 13.5. The quantitative estimate of drug-likeness (QED) is 0.269. The van der Waals surface area contributed by atoms with Gasteiger partial charge >= 0.3 is 12.1 Å². The van der Waals surface area contributed by atoms with Gasteiger partial charge in [-0.2, -0.15) is 0 Å². The first-order chi connectivity index (χ1) is 19.6.